The molecule has 98 valence electrons. The number of carbonyl (C=O) groups excluding carboxylic acids is 1. The predicted octanol–water partition coefficient (Wildman–Crippen LogP) is 3.11. The zero-order valence-electron chi connectivity index (χ0n) is 10.2. The molecule has 0 aliphatic carbocycles. The number of benzene rings is 2. The molecule has 0 aliphatic heterocycles. The molecule has 0 bridgehead atoms. The Morgan fingerprint density at radius 3 is 2.47 bits per heavy atom. The number of rotatable bonds is 2. The number of anilines is 2. The third-order valence-corrected chi connectivity index (χ3v) is 2.73. The highest BCUT2D eigenvalue weighted by Crippen LogP contribution is 2.20. The molecule has 2 aromatic rings. The zero-order chi connectivity index (χ0) is 14.0. The fraction of sp³-hybridized carbons (Fsp3) is 0.0714. The molecule has 3 N–H and O–H groups in total. The van der Waals surface area contributed by atoms with E-state index in [1.807, 2.05) is 19.1 Å². The maximum absolute atomic E-state index is 13.1. The molecule has 0 unspecified atom stereocenters. The van der Waals surface area contributed by atoms with Crippen molar-refractivity contribution in [1.82, 2.24) is 0 Å². The van der Waals surface area contributed by atoms with E-state index in [9.17, 15) is 13.6 Å². The molecule has 2 aromatic carbocycles. The summed E-state index contributed by atoms with van der Waals surface area (Å²) in [6.07, 6.45) is 0. The molecule has 0 saturated carbocycles. The van der Waals surface area contributed by atoms with Crippen LogP contribution in [0.1, 0.15) is 15.9 Å². The highest BCUT2D eigenvalue weighted by molar-refractivity contribution is 6.08. The van der Waals surface area contributed by atoms with E-state index in [-0.39, 0.29) is 11.3 Å². The van der Waals surface area contributed by atoms with Crippen LogP contribution in [-0.2, 0) is 0 Å². The summed E-state index contributed by atoms with van der Waals surface area (Å²) in [5.74, 6) is -2.76. The lowest BCUT2D eigenvalue weighted by Gasteiger charge is -2.10. The SMILES string of the molecule is Cc1ccccc1NC(=O)c1cc(F)c(F)cc1N. The average molecular weight is 262 g/mol. The lowest BCUT2D eigenvalue weighted by atomic mass is 10.1. The quantitative estimate of drug-likeness (QED) is 0.817. The highest BCUT2D eigenvalue weighted by atomic mass is 19.2. The first kappa shape index (κ1) is 13.0. The van der Waals surface area contributed by atoms with Crippen LogP contribution in [0.15, 0.2) is 36.4 Å². The first-order valence-electron chi connectivity index (χ1n) is 5.60. The Labute approximate surface area is 109 Å². The molecular formula is C14H12F2N2O. The van der Waals surface area contributed by atoms with E-state index in [1.165, 1.54) is 0 Å². The smallest absolute Gasteiger partial charge is 0.257 e. The Kier molecular flexibility index (Phi) is 3.46. The van der Waals surface area contributed by atoms with Crippen LogP contribution in [-0.4, -0.2) is 5.91 Å². The number of carbonyl (C=O) groups is 1. The Balaban J connectivity index is 2.31. The van der Waals surface area contributed by atoms with Crippen LogP contribution in [0.5, 0.6) is 0 Å². The van der Waals surface area contributed by atoms with E-state index in [0.717, 1.165) is 17.7 Å². The zero-order valence-corrected chi connectivity index (χ0v) is 10.2. The van der Waals surface area contributed by atoms with Gasteiger partial charge in [-0.05, 0) is 24.6 Å². The number of hydrogen-bond donors (Lipinski definition) is 2. The Bertz CT molecular complexity index is 641. The number of para-hydroxylation sites is 1. The second-order valence-corrected chi connectivity index (χ2v) is 4.12. The Hall–Kier alpha value is -2.43. The normalized spacial score (nSPS) is 10.3. The van der Waals surface area contributed by atoms with E-state index < -0.39 is 17.5 Å². The topological polar surface area (TPSA) is 55.1 Å². The Morgan fingerprint density at radius 1 is 1.16 bits per heavy atom. The van der Waals surface area contributed by atoms with Crippen LogP contribution in [0, 0.1) is 18.6 Å². The van der Waals surface area contributed by atoms with Gasteiger partial charge in [-0.3, -0.25) is 4.79 Å². The van der Waals surface area contributed by atoms with Gasteiger partial charge in [0.2, 0.25) is 0 Å². The summed E-state index contributed by atoms with van der Waals surface area (Å²) < 4.78 is 26.1. The van der Waals surface area contributed by atoms with Gasteiger partial charge >= 0.3 is 0 Å². The van der Waals surface area contributed by atoms with Gasteiger partial charge in [-0.2, -0.15) is 0 Å². The van der Waals surface area contributed by atoms with Crippen molar-refractivity contribution in [3.63, 3.8) is 0 Å². The first-order chi connectivity index (χ1) is 8.99. The maximum Gasteiger partial charge on any atom is 0.257 e. The fourth-order valence-corrected chi connectivity index (χ4v) is 1.66. The van der Waals surface area contributed by atoms with Gasteiger partial charge in [0.1, 0.15) is 0 Å². The standard InChI is InChI=1S/C14H12F2N2O/c1-8-4-2-3-5-13(8)18-14(19)9-6-10(15)11(16)7-12(9)17/h2-7H,17H2,1H3,(H,18,19). The number of hydrogen-bond acceptors (Lipinski definition) is 2. The summed E-state index contributed by atoms with van der Waals surface area (Å²) >= 11 is 0. The lowest BCUT2D eigenvalue weighted by molar-refractivity contribution is 0.102. The van der Waals surface area contributed by atoms with E-state index in [4.69, 9.17) is 5.73 Å². The number of nitrogen functional groups attached to an aromatic ring is 1. The van der Waals surface area contributed by atoms with Crippen molar-refractivity contribution in [3.8, 4) is 0 Å². The fourth-order valence-electron chi connectivity index (χ4n) is 1.66. The second kappa shape index (κ2) is 5.06. The van der Waals surface area contributed by atoms with Crippen molar-refractivity contribution in [2.24, 2.45) is 0 Å². The predicted molar refractivity (Wildman–Crippen MR) is 69.9 cm³/mol. The van der Waals surface area contributed by atoms with E-state index in [2.05, 4.69) is 5.32 Å². The van der Waals surface area contributed by atoms with Crippen LogP contribution in [0.3, 0.4) is 0 Å². The number of aryl methyl sites for hydroxylation is 1. The molecule has 0 fully saturated rings. The van der Waals surface area contributed by atoms with Crippen LogP contribution >= 0.6 is 0 Å². The minimum absolute atomic E-state index is 0.0952. The molecule has 3 nitrogen and oxygen atoms in total. The largest absolute Gasteiger partial charge is 0.398 e. The minimum Gasteiger partial charge on any atom is -0.398 e. The van der Waals surface area contributed by atoms with E-state index >= 15 is 0 Å². The second-order valence-electron chi connectivity index (χ2n) is 4.12. The first-order valence-corrected chi connectivity index (χ1v) is 5.60. The van der Waals surface area contributed by atoms with Crippen molar-refractivity contribution < 1.29 is 13.6 Å². The molecule has 19 heavy (non-hydrogen) atoms. The molecule has 0 heterocycles. The van der Waals surface area contributed by atoms with Gasteiger partial charge in [-0.25, -0.2) is 8.78 Å². The van der Waals surface area contributed by atoms with Crippen molar-refractivity contribution >= 4 is 17.3 Å². The number of nitrogens with two attached hydrogens (primary N) is 1. The lowest BCUT2D eigenvalue weighted by Crippen LogP contribution is -2.15. The monoisotopic (exact) mass is 262 g/mol. The van der Waals surface area contributed by atoms with Crippen LogP contribution < -0.4 is 11.1 Å². The molecule has 2 rings (SSSR count). The van der Waals surface area contributed by atoms with Gasteiger partial charge in [0.15, 0.2) is 11.6 Å². The van der Waals surface area contributed by atoms with E-state index in [1.54, 1.807) is 12.1 Å². The van der Waals surface area contributed by atoms with Gasteiger partial charge in [0.25, 0.3) is 5.91 Å². The highest BCUT2D eigenvalue weighted by Gasteiger charge is 2.15. The molecule has 0 spiro atoms. The van der Waals surface area contributed by atoms with Gasteiger partial charge in [-0.15, -0.1) is 0 Å². The van der Waals surface area contributed by atoms with Gasteiger partial charge in [0.05, 0.1) is 5.56 Å². The summed E-state index contributed by atoms with van der Waals surface area (Å²) in [5, 5.41) is 2.61. The van der Waals surface area contributed by atoms with Crippen LogP contribution in [0.25, 0.3) is 0 Å². The minimum atomic E-state index is -1.11. The Morgan fingerprint density at radius 2 is 1.79 bits per heavy atom. The van der Waals surface area contributed by atoms with Crippen molar-refractivity contribution in [2.75, 3.05) is 11.1 Å². The molecule has 0 saturated heterocycles. The van der Waals surface area contributed by atoms with Crippen molar-refractivity contribution in [3.05, 3.63) is 59.2 Å². The number of amides is 1. The summed E-state index contributed by atoms with van der Waals surface area (Å²) in [6.45, 7) is 1.82. The number of halogens is 2. The molecule has 0 aliphatic rings. The third-order valence-electron chi connectivity index (χ3n) is 2.73. The molecule has 0 aromatic heterocycles. The molecule has 0 radical (unpaired) electrons. The summed E-state index contributed by atoms with van der Waals surface area (Å²) in [4.78, 5) is 12.0. The van der Waals surface area contributed by atoms with Gasteiger partial charge in [-0.1, -0.05) is 18.2 Å². The third kappa shape index (κ3) is 2.70. The van der Waals surface area contributed by atoms with Gasteiger partial charge < -0.3 is 11.1 Å². The number of nitrogens with one attached hydrogen (secondary N) is 1. The average Bonchev–Trinajstić information content (AvgIpc) is 2.36. The molecule has 1 amide bonds. The molecule has 0 atom stereocenters. The van der Waals surface area contributed by atoms with Crippen LogP contribution in [0.4, 0.5) is 20.2 Å². The summed E-state index contributed by atoms with van der Waals surface area (Å²) in [5.41, 5.74) is 6.77. The summed E-state index contributed by atoms with van der Waals surface area (Å²) in [7, 11) is 0. The maximum atomic E-state index is 13.1. The van der Waals surface area contributed by atoms with E-state index in [0.29, 0.717) is 5.69 Å². The van der Waals surface area contributed by atoms with Crippen LogP contribution in [0.2, 0.25) is 0 Å². The van der Waals surface area contributed by atoms with Crippen molar-refractivity contribution in [1.29, 1.82) is 0 Å². The molecule has 5 heteroatoms. The van der Waals surface area contributed by atoms with Crippen molar-refractivity contribution in [2.45, 2.75) is 6.92 Å². The van der Waals surface area contributed by atoms with Gasteiger partial charge in [0, 0.05) is 17.4 Å². The summed E-state index contributed by atoms with van der Waals surface area (Å²) in [6, 6.07) is 8.71. The molecular weight excluding hydrogens is 250 g/mol.